The first kappa shape index (κ1) is 14.0. The lowest BCUT2D eigenvalue weighted by atomic mass is 9.85. The van der Waals surface area contributed by atoms with Crippen LogP contribution in [0.1, 0.15) is 36.3 Å². The number of nitrogens with one attached hydrogen (secondary N) is 1. The molecule has 0 aromatic carbocycles. The zero-order valence-electron chi connectivity index (χ0n) is 12.2. The summed E-state index contributed by atoms with van der Waals surface area (Å²) >= 11 is 1.84. The van der Waals surface area contributed by atoms with Crippen LogP contribution in [-0.2, 0) is 6.54 Å². The largest absolute Gasteiger partial charge is 0.311 e. The molecule has 1 saturated heterocycles. The van der Waals surface area contributed by atoms with E-state index in [-0.39, 0.29) is 0 Å². The fourth-order valence-electron chi connectivity index (χ4n) is 2.33. The van der Waals surface area contributed by atoms with Crippen LogP contribution in [0.15, 0.2) is 0 Å². The van der Waals surface area contributed by atoms with Crippen LogP contribution >= 0.6 is 11.3 Å². The van der Waals surface area contributed by atoms with E-state index in [1.807, 2.05) is 11.3 Å². The highest BCUT2D eigenvalue weighted by molar-refractivity contribution is 7.11. The van der Waals surface area contributed by atoms with Crippen LogP contribution in [0, 0.1) is 19.3 Å². The fraction of sp³-hybridized carbons (Fsp3) is 0.786. The number of aromatic nitrogens is 1. The Morgan fingerprint density at radius 2 is 2.11 bits per heavy atom. The number of aryl methyl sites for hydroxylation is 2. The minimum absolute atomic E-state index is 0.327. The Hall–Kier alpha value is -0.450. The van der Waals surface area contributed by atoms with Crippen LogP contribution in [0.4, 0.5) is 0 Å². The monoisotopic (exact) mass is 267 g/mol. The molecule has 1 N–H and O–H groups in total. The third-order valence-corrected chi connectivity index (χ3v) is 4.79. The van der Waals surface area contributed by atoms with Crippen molar-refractivity contribution in [2.24, 2.45) is 5.41 Å². The highest BCUT2D eigenvalue weighted by atomic mass is 32.1. The van der Waals surface area contributed by atoms with E-state index in [4.69, 9.17) is 0 Å². The maximum atomic E-state index is 4.65. The van der Waals surface area contributed by atoms with Gasteiger partial charge in [0.15, 0.2) is 0 Å². The normalized spacial score (nSPS) is 22.4. The van der Waals surface area contributed by atoms with Gasteiger partial charge in [0.05, 0.1) is 12.2 Å². The van der Waals surface area contributed by atoms with Gasteiger partial charge in [-0.3, -0.25) is 4.90 Å². The van der Waals surface area contributed by atoms with Crippen molar-refractivity contribution in [1.29, 1.82) is 0 Å². The highest BCUT2D eigenvalue weighted by Gasteiger charge is 2.29. The van der Waals surface area contributed by atoms with Crippen molar-refractivity contribution in [3.05, 3.63) is 15.6 Å². The molecule has 1 aromatic rings. The summed E-state index contributed by atoms with van der Waals surface area (Å²) in [5.41, 5.74) is 1.52. The molecule has 18 heavy (non-hydrogen) atoms. The molecular weight excluding hydrogens is 242 g/mol. The second-order valence-corrected chi connectivity index (χ2v) is 7.64. The van der Waals surface area contributed by atoms with E-state index in [1.54, 1.807) is 0 Å². The fourth-order valence-corrected chi connectivity index (χ4v) is 3.31. The van der Waals surface area contributed by atoms with Crippen molar-refractivity contribution < 1.29 is 0 Å². The minimum atomic E-state index is 0.327. The molecule has 2 rings (SSSR count). The SMILES string of the molecule is Cc1nc(CN2CCNC(C(C)(C)C)C2)sc1C. The lowest BCUT2D eigenvalue weighted by Crippen LogP contribution is -2.55. The quantitative estimate of drug-likeness (QED) is 0.892. The molecule has 102 valence electrons. The first-order valence-electron chi connectivity index (χ1n) is 6.75. The van der Waals surface area contributed by atoms with Crippen LogP contribution in [0.5, 0.6) is 0 Å². The first-order chi connectivity index (χ1) is 8.36. The number of nitrogens with zero attached hydrogens (tertiary/aromatic N) is 2. The van der Waals surface area contributed by atoms with Crippen LogP contribution in [-0.4, -0.2) is 35.6 Å². The number of piperazine rings is 1. The molecule has 1 aliphatic heterocycles. The van der Waals surface area contributed by atoms with Gasteiger partial charge in [-0.15, -0.1) is 11.3 Å². The third kappa shape index (κ3) is 3.31. The van der Waals surface area contributed by atoms with Crippen molar-refractivity contribution >= 4 is 11.3 Å². The maximum Gasteiger partial charge on any atom is 0.107 e. The third-order valence-electron chi connectivity index (χ3n) is 3.74. The van der Waals surface area contributed by atoms with E-state index >= 15 is 0 Å². The molecule has 0 bridgehead atoms. The summed E-state index contributed by atoms with van der Waals surface area (Å²) in [6.07, 6.45) is 0. The summed E-state index contributed by atoms with van der Waals surface area (Å²) in [7, 11) is 0. The van der Waals surface area contributed by atoms with Gasteiger partial charge in [-0.05, 0) is 19.3 Å². The van der Waals surface area contributed by atoms with E-state index in [9.17, 15) is 0 Å². The summed E-state index contributed by atoms with van der Waals surface area (Å²) in [5, 5.41) is 4.90. The van der Waals surface area contributed by atoms with Crippen molar-refractivity contribution in [2.45, 2.75) is 47.2 Å². The van der Waals surface area contributed by atoms with Crippen molar-refractivity contribution in [3.8, 4) is 0 Å². The first-order valence-corrected chi connectivity index (χ1v) is 7.56. The van der Waals surface area contributed by atoms with Crippen LogP contribution in [0.3, 0.4) is 0 Å². The lowest BCUT2D eigenvalue weighted by molar-refractivity contribution is 0.129. The molecule has 1 unspecified atom stereocenters. The average molecular weight is 267 g/mol. The van der Waals surface area contributed by atoms with Gasteiger partial charge in [0.1, 0.15) is 5.01 Å². The Morgan fingerprint density at radius 3 is 2.67 bits per heavy atom. The molecule has 1 aliphatic rings. The highest BCUT2D eigenvalue weighted by Crippen LogP contribution is 2.24. The topological polar surface area (TPSA) is 28.2 Å². The Bertz CT molecular complexity index is 386. The summed E-state index contributed by atoms with van der Waals surface area (Å²) in [6.45, 7) is 15.5. The lowest BCUT2D eigenvalue weighted by Gasteiger charge is -2.40. The molecule has 0 amide bonds. The summed E-state index contributed by atoms with van der Waals surface area (Å²) in [5.74, 6) is 0. The molecular formula is C14H25N3S. The van der Waals surface area contributed by atoms with Gasteiger partial charge in [0.2, 0.25) is 0 Å². The average Bonchev–Trinajstić information content (AvgIpc) is 2.57. The Morgan fingerprint density at radius 1 is 1.39 bits per heavy atom. The molecule has 1 atom stereocenters. The zero-order chi connectivity index (χ0) is 13.3. The second-order valence-electron chi connectivity index (χ2n) is 6.36. The number of thiazole rings is 1. The van der Waals surface area contributed by atoms with E-state index in [0.717, 1.165) is 26.2 Å². The Kier molecular flexibility index (Phi) is 4.09. The number of hydrogen-bond donors (Lipinski definition) is 1. The van der Waals surface area contributed by atoms with Gasteiger partial charge in [-0.2, -0.15) is 0 Å². The molecule has 0 saturated carbocycles. The zero-order valence-corrected chi connectivity index (χ0v) is 13.0. The van der Waals surface area contributed by atoms with Crippen LogP contribution in [0.2, 0.25) is 0 Å². The molecule has 0 aliphatic carbocycles. The van der Waals surface area contributed by atoms with Gasteiger partial charge in [-0.1, -0.05) is 20.8 Å². The van der Waals surface area contributed by atoms with E-state index in [0.29, 0.717) is 11.5 Å². The molecule has 2 heterocycles. The molecule has 3 nitrogen and oxygen atoms in total. The number of rotatable bonds is 2. The van der Waals surface area contributed by atoms with E-state index in [2.05, 4.69) is 49.8 Å². The standard InChI is InChI=1S/C14H25N3S/c1-10-11(2)18-13(16-10)9-17-7-6-15-12(8-17)14(3,4)5/h12,15H,6-9H2,1-5H3. The predicted molar refractivity (Wildman–Crippen MR) is 78.1 cm³/mol. The summed E-state index contributed by atoms with van der Waals surface area (Å²) < 4.78 is 0. The Labute approximate surface area is 115 Å². The molecule has 4 heteroatoms. The summed E-state index contributed by atoms with van der Waals surface area (Å²) in [6, 6.07) is 0.577. The van der Waals surface area contributed by atoms with Gasteiger partial charge < -0.3 is 5.32 Å². The summed E-state index contributed by atoms with van der Waals surface area (Å²) in [4.78, 5) is 8.53. The maximum absolute atomic E-state index is 4.65. The molecule has 1 fully saturated rings. The smallest absolute Gasteiger partial charge is 0.107 e. The molecule has 0 spiro atoms. The number of hydrogen-bond acceptors (Lipinski definition) is 4. The van der Waals surface area contributed by atoms with E-state index < -0.39 is 0 Å². The molecule has 1 aromatic heterocycles. The van der Waals surface area contributed by atoms with Crippen LogP contribution < -0.4 is 5.32 Å². The van der Waals surface area contributed by atoms with Crippen molar-refractivity contribution in [1.82, 2.24) is 15.2 Å². The van der Waals surface area contributed by atoms with Crippen LogP contribution in [0.25, 0.3) is 0 Å². The van der Waals surface area contributed by atoms with E-state index in [1.165, 1.54) is 15.6 Å². The minimum Gasteiger partial charge on any atom is -0.311 e. The van der Waals surface area contributed by atoms with Gasteiger partial charge in [0, 0.05) is 30.6 Å². The van der Waals surface area contributed by atoms with Gasteiger partial charge >= 0.3 is 0 Å². The van der Waals surface area contributed by atoms with Gasteiger partial charge in [-0.25, -0.2) is 4.98 Å². The van der Waals surface area contributed by atoms with Crippen molar-refractivity contribution in [3.63, 3.8) is 0 Å². The second kappa shape index (κ2) is 5.27. The Balaban J connectivity index is 1.97. The van der Waals surface area contributed by atoms with Crippen molar-refractivity contribution in [2.75, 3.05) is 19.6 Å². The van der Waals surface area contributed by atoms with Gasteiger partial charge in [0.25, 0.3) is 0 Å². The predicted octanol–water partition coefficient (Wildman–Crippen LogP) is 2.58. The molecule has 0 radical (unpaired) electrons.